The number of fused-ring (bicyclic) bond motifs is 7. The van der Waals surface area contributed by atoms with Gasteiger partial charge in [-0.3, -0.25) is 25.2 Å². The third kappa shape index (κ3) is 8.60. The predicted molar refractivity (Wildman–Crippen MR) is 285 cm³/mol. The number of azo groups is 2. The number of nitriles is 1. The number of anilines is 2. The number of nitro groups is 1. The molecule has 10 aromatic carbocycles. The van der Waals surface area contributed by atoms with Crippen molar-refractivity contribution in [1.82, 2.24) is 0 Å². The summed E-state index contributed by atoms with van der Waals surface area (Å²) >= 11 is 0. The zero-order chi connectivity index (χ0) is 51.0. The van der Waals surface area contributed by atoms with Crippen molar-refractivity contribution in [2.24, 2.45) is 20.5 Å². The van der Waals surface area contributed by atoms with Crippen LogP contribution in [-0.2, 0) is 11.4 Å². The number of rotatable bonds is 11. The maximum absolute atomic E-state index is 13.8. The SMILES string of the molecule is [C-]#[N+]/C(C#N)=C1\c2cc(N=Nc3c(O)c(CONc4cccc([N+](=O)[O-])c4)cc4cc5ccccc5cc34)ccc2-c2ccc(N=Nc3c(O)c(C(=O)Nc4ccc(C)cc4)cc4cc5ccccc5cc34)cc21. The van der Waals surface area contributed by atoms with E-state index in [4.69, 9.17) is 11.4 Å². The van der Waals surface area contributed by atoms with Gasteiger partial charge in [0.05, 0.1) is 40.2 Å². The Kier molecular flexibility index (Phi) is 11.7. The van der Waals surface area contributed by atoms with Gasteiger partial charge in [0.1, 0.15) is 23.7 Å². The molecule has 0 unspecified atom stereocenters. The molecule has 0 spiro atoms. The summed E-state index contributed by atoms with van der Waals surface area (Å²) < 4.78 is 0. The molecule has 0 atom stereocenters. The van der Waals surface area contributed by atoms with Gasteiger partial charge in [-0.25, -0.2) is 10.1 Å². The van der Waals surface area contributed by atoms with Gasteiger partial charge in [0.25, 0.3) is 17.3 Å². The minimum atomic E-state index is -0.531. The highest BCUT2D eigenvalue weighted by Gasteiger charge is 2.28. The number of hydrogen-bond donors (Lipinski definition) is 4. The fraction of sp³-hybridized carbons (Fsp3) is 0.0339. The molecule has 0 saturated heterocycles. The Bertz CT molecular complexity index is 4200. The molecule has 15 heteroatoms. The Morgan fingerprint density at radius 2 is 1.22 bits per heavy atom. The number of benzene rings is 10. The lowest BCUT2D eigenvalue weighted by molar-refractivity contribution is -0.384. The van der Waals surface area contributed by atoms with Gasteiger partial charge in [-0.15, -0.1) is 10.2 Å². The first-order valence-electron chi connectivity index (χ1n) is 23.0. The number of nitrogens with one attached hydrogen (secondary N) is 2. The van der Waals surface area contributed by atoms with Gasteiger partial charge in [0, 0.05) is 39.7 Å². The zero-order valence-electron chi connectivity index (χ0n) is 39.0. The Hall–Kier alpha value is -10.6. The Morgan fingerprint density at radius 1 is 0.649 bits per heavy atom. The highest BCUT2D eigenvalue weighted by Crippen LogP contribution is 2.50. The molecule has 0 bridgehead atoms. The van der Waals surface area contributed by atoms with E-state index in [2.05, 4.69) is 42.2 Å². The summed E-state index contributed by atoms with van der Waals surface area (Å²) in [5, 5.41) is 72.8. The van der Waals surface area contributed by atoms with Gasteiger partial charge in [0.2, 0.25) is 0 Å². The van der Waals surface area contributed by atoms with Crippen LogP contribution < -0.4 is 10.8 Å². The number of nitro benzene ring substituents is 1. The number of phenolic OH excluding ortho intramolecular Hbond substituents is 2. The first-order valence-corrected chi connectivity index (χ1v) is 23.0. The molecule has 1 amide bonds. The quantitative estimate of drug-likeness (QED) is 0.0244. The van der Waals surface area contributed by atoms with Crippen LogP contribution in [0.25, 0.3) is 64.6 Å². The maximum atomic E-state index is 13.8. The first-order chi connectivity index (χ1) is 36.0. The number of aryl methyl sites for hydroxylation is 1. The largest absolute Gasteiger partial charge is 0.505 e. The second-order valence-electron chi connectivity index (χ2n) is 17.5. The standard InChI is InChI=1S/C59H37N9O6/c1-33-14-16-41(17-15-33)62-59(71)52-27-39-23-35-9-4-6-11-37(35)26-49(39)56(58(52)70)66-64-43-19-21-47-46-20-18-42(29-50(46)54(51(47)30-43)53(31-60)61-2)63-65-55-48-25-36-10-5-3-8-34(36)22-38(48)24-40(57(55)69)32-74-67-44-12-7-13-45(28-44)68(72)73/h3-30,67,69-70H,32H2,1H3,(H,62,71)/b54-53+,65-63?,66-64?. The molecule has 74 heavy (non-hydrogen) atoms. The average molecular weight is 968 g/mol. The predicted octanol–water partition coefficient (Wildman–Crippen LogP) is 15.7. The summed E-state index contributed by atoms with van der Waals surface area (Å²) in [6.07, 6.45) is 0. The van der Waals surface area contributed by atoms with Gasteiger partial charge in [0.15, 0.2) is 5.75 Å². The molecular weight excluding hydrogens is 931 g/mol. The van der Waals surface area contributed by atoms with E-state index in [9.17, 15) is 30.4 Å². The van der Waals surface area contributed by atoms with Crippen molar-refractivity contribution < 1.29 is 24.8 Å². The molecule has 11 rings (SSSR count). The summed E-state index contributed by atoms with van der Waals surface area (Å²) in [5.74, 6) is -1.08. The number of amides is 1. The average Bonchev–Trinajstić information content (AvgIpc) is 3.73. The minimum absolute atomic E-state index is 0.00646. The van der Waals surface area contributed by atoms with Crippen LogP contribution >= 0.6 is 0 Å². The van der Waals surface area contributed by atoms with Crippen molar-refractivity contribution in [3.8, 4) is 28.7 Å². The van der Waals surface area contributed by atoms with Crippen molar-refractivity contribution in [1.29, 1.82) is 5.26 Å². The maximum Gasteiger partial charge on any atom is 0.271 e. The molecule has 0 radical (unpaired) electrons. The van der Waals surface area contributed by atoms with Gasteiger partial charge in [-0.2, -0.15) is 10.2 Å². The number of hydrogen-bond acceptors (Lipinski definition) is 12. The minimum Gasteiger partial charge on any atom is -0.505 e. The van der Waals surface area contributed by atoms with Crippen molar-refractivity contribution in [3.63, 3.8) is 0 Å². The highest BCUT2D eigenvalue weighted by atomic mass is 16.6. The Morgan fingerprint density at radius 3 is 1.78 bits per heavy atom. The van der Waals surface area contributed by atoms with Crippen LogP contribution in [0.2, 0.25) is 0 Å². The molecule has 0 fully saturated rings. The molecule has 1 aliphatic rings. The monoisotopic (exact) mass is 967 g/mol. The number of phenols is 2. The third-order valence-electron chi connectivity index (χ3n) is 12.8. The van der Waals surface area contributed by atoms with Gasteiger partial charge >= 0.3 is 0 Å². The second kappa shape index (κ2) is 19.0. The van der Waals surface area contributed by atoms with Crippen molar-refractivity contribution >= 4 is 94.4 Å². The number of allylic oxidation sites excluding steroid dienone is 1. The van der Waals surface area contributed by atoms with Crippen molar-refractivity contribution in [3.05, 3.63) is 225 Å². The van der Waals surface area contributed by atoms with E-state index in [1.165, 1.54) is 18.2 Å². The lowest BCUT2D eigenvalue weighted by Crippen LogP contribution is -2.12. The first kappa shape index (κ1) is 45.8. The van der Waals surface area contributed by atoms with E-state index in [0.717, 1.165) is 43.6 Å². The molecule has 0 heterocycles. The number of carbonyl (C=O) groups is 1. The third-order valence-corrected chi connectivity index (χ3v) is 12.8. The Labute approximate surface area is 421 Å². The fourth-order valence-corrected chi connectivity index (χ4v) is 9.21. The molecule has 0 aliphatic heterocycles. The highest BCUT2D eigenvalue weighted by molar-refractivity contribution is 6.14. The molecule has 0 saturated carbocycles. The normalized spacial score (nSPS) is 12.5. The summed E-state index contributed by atoms with van der Waals surface area (Å²) in [7, 11) is 0. The van der Waals surface area contributed by atoms with Crippen LogP contribution in [0, 0.1) is 34.9 Å². The molecule has 15 nitrogen and oxygen atoms in total. The van der Waals surface area contributed by atoms with Crippen molar-refractivity contribution in [2.75, 3.05) is 10.8 Å². The fourth-order valence-electron chi connectivity index (χ4n) is 9.21. The van der Waals surface area contributed by atoms with Gasteiger partial charge < -0.3 is 15.5 Å². The van der Waals surface area contributed by atoms with Gasteiger partial charge in [-0.05, 0) is 140 Å². The second-order valence-corrected chi connectivity index (χ2v) is 17.5. The van der Waals surface area contributed by atoms with Crippen LogP contribution in [0.15, 0.2) is 196 Å². The molecule has 354 valence electrons. The summed E-state index contributed by atoms with van der Waals surface area (Å²) in [4.78, 5) is 33.9. The topological polar surface area (TPSA) is 212 Å². The Balaban J connectivity index is 0.941. The van der Waals surface area contributed by atoms with E-state index in [1.807, 2.05) is 104 Å². The van der Waals surface area contributed by atoms with Crippen LogP contribution in [0.3, 0.4) is 0 Å². The van der Waals surface area contributed by atoms with E-state index < -0.39 is 10.8 Å². The molecule has 10 aromatic rings. The molecular formula is C59H37N9O6. The van der Waals surface area contributed by atoms with Crippen LogP contribution in [-0.4, -0.2) is 21.0 Å². The lowest BCUT2D eigenvalue weighted by Gasteiger charge is -2.13. The van der Waals surface area contributed by atoms with E-state index in [1.54, 1.807) is 54.6 Å². The molecule has 0 aromatic heterocycles. The van der Waals surface area contributed by atoms with E-state index >= 15 is 0 Å². The van der Waals surface area contributed by atoms with Crippen LogP contribution in [0.5, 0.6) is 11.5 Å². The number of nitrogens with zero attached hydrogens (tertiary/aromatic N) is 7. The number of non-ortho nitro benzene ring substituents is 1. The van der Waals surface area contributed by atoms with Crippen LogP contribution in [0.1, 0.15) is 32.6 Å². The smallest absolute Gasteiger partial charge is 0.271 e. The summed E-state index contributed by atoms with van der Waals surface area (Å²) in [6, 6.07) is 52.5. The van der Waals surface area contributed by atoms with Crippen molar-refractivity contribution in [2.45, 2.75) is 13.5 Å². The molecule has 4 N–H and O–H groups in total. The van der Waals surface area contributed by atoms with E-state index in [0.29, 0.717) is 61.2 Å². The molecule has 1 aliphatic carbocycles. The van der Waals surface area contributed by atoms with Crippen LogP contribution in [0.4, 0.5) is 39.8 Å². The summed E-state index contributed by atoms with van der Waals surface area (Å²) in [6.45, 7) is 9.83. The van der Waals surface area contributed by atoms with Gasteiger partial charge in [-0.1, -0.05) is 84.4 Å². The lowest BCUT2D eigenvalue weighted by atomic mass is 9.99. The summed E-state index contributed by atoms with van der Waals surface area (Å²) in [5.41, 5.74) is 8.60. The number of carbonyl (C=O) groups excluding carboxylic acids is 1. The number of aromatic hydroxyl groups is 2. The zero-order valence-corrected chi connectivity index (χ0v) is 39.0. The van der Waals surface area contributed by atoms with E-state index in [-0.39, 0.29) is 46.4 Å².